The fourth-order valence-corrected chi connectivity index (χ4v) is 2.73. The van der Waals surface area contributed by atoms with Crippen LogP contribution in [0.5, 0.6) is 0 Å². The molecule has 21 heavy (non-hydrogen) atoms. The van der Waals surface area contributed by atoms with Gasteiger partial charge in [0.25, 0.3) is 0 Å². The van der Waals surface area contributed by atoms with E-state index in [1.807, 2.05) is 28.7 Å². The van der Waals surface area contributed by atoms with E-state index in [0.29, 0.717) is 27.9 Å². The molecule has 0 spiro atoms. The highest BCUT2D eigenvalue weighted by atomic mass is 35.5. The number of aryl methyl sites for hydroxylation is 1. The van der Waals surface area contributed by atoms with Gasteiger partial charge < -0.3 is 9.88 Å². The molecule has 0 saturated heterocycles. The summed E-state index contributed by atoms with van der Waals surface area (Å²) in [4.78, 5) is 8.73. The van der Waals surface area contributed by atoms with Crippen LogP contribution in [0.3, 0.4) is 0 Å². The lowest BCUT2D eigenvalue weighted by atomic mass is 10.4. The van der Waals surface area contributed by atoms with Gasteiger partial charge in [0.15, 0.2) is 5.15 Å². The number of anilines is 2. The number of hydrogen-bond acceptors (Lipinski definition) is 4. The molecule has 1 aliphatic rings. The number of hydrogen-bond donors (Lipinski definition) is 1. The smallest absolute Gasteiger partial charge is 0.229 e. The second-order valence-corrected chi connectivity index (χ2v) is 5.95. The van der Waals surface area contributed by atoms with Gasteiger partial charge in [0.1, 0.15) is 5.65 Å². The molecule has 1 N–H and O–H groups in total. The molecule has 0 atom stereocenters. The predicted molar refractivity (Wildman–Crippen MR) is 82.3 cm³/mol. The van der Waals surface area contributed by atoms with Crippen LogP contribution in [0.25, 0.3) is 11.0 Å². The van der Waals surface area contributed by atoms with Crippen LogP contribution in [0.15, 0.2) is 18.6 Å². The topological polar surface area (TPSA) is 60.6 Å². The second kappa shape index (κ2) is 4.61. The number of rotatable bonds is 3. The Kier molecular flexibility index (Phi) is 2.83. The molecule has 3 heterocycles. The van der Waals surface area contributed by atoms with Crippen molar-refractivity contribution in [1.82, 2.24) is 24.3 Å². The van der Waals surface area contributed by atoms with Crippen LogP contribution >= 0.6 is 23.2 Å². The van der Waals surface area contributed by atoms with E-state index in [4.69, 9.17) is 23.2 Å². The third-order valence-corrected chi connectivity index (χ3v) is 4.10. The maximum atomic E-state index is 6.14. The van der Waals surface area contributed by atoms with E-state index >= 15 is 0 Å². The molecule has 6 nitrogen and oxygen atoms in total. The molecule has 3 aromatic rings. The van der Waals surface area contributed by atoms with Crippen molar-refractivity contribution in [2.45, 2.75) is 18.9 Å². The molecule has 1 saturated carbocycles. The third kappa shape index (κ3) is 2.24. The van der Waals surface area contributed by atoms with Crippen LogP contribution < -0.4 is 5.32 Å². The van der Waals surface area contributed by atoms with Crippen LogP contribution in [0, 0.1) is 0 Å². The minimum atomic E-state index is 0.426. The average Bonchev–Trinajstić information content (AvgIpc) is 3.19. The zero-order chi connectivity index (χ0) is 14.6. The largest absolute Gasteiger partial charge is 0.334 e. The van der Waals surface area contributed by atoms with Crippen LogP contribution in [-0.4, -0.2) is 24.3 Å². The molecule has 4 rings (SSSR count). The maximum absolute atomic E-state index is 6.14. The molecule has 108 valence electrons. The Balaban J connectivity index is 1.68. The first-order valence-corrected chi connectivity index (χ1v) is 7.36. The van der Waals surface area contributed by atoms with Crippen molar-refractivity contribution < 1.29 is 0 Å². The highest BCUT2D eigenvalue weighted by Gasteiger charge is 2.25. The van der Waals surface area contributed by atoms with E-state index in [1.165, 1.54) is 0 Å². The monoisotopic (exact) mass is 322 g/mol. The molecule has 8 heteroatoms. The van der Waals surface area contributed by atoms with Gasteiger partial charge in [0.05, 0.1) is 28.3 Å². The number of fused-ring (bicyclic) bond motifs is 1. The summed E-state index contributed by atoms with van der Waals surface area (Å²) in [6.07, 6.45) is 7.71. The van der Waals surface area contributed by atoms with Gasteiger partial charge in [-0.25, -0.2) is 4.98 Å². The van der Waals surface area contributed by atoms with Crippen molar-refractivity contribution in [3.63, 3.8) is 0 Å². The van der Waals surface area contributed by atoms with E-state index in [9.17, 15) is 0 Å². The Morgan fingerprint density at radius 2 is 2.10 bits per heavy atom. The van der Waals surface area contributed by atoms with Crippen LogP contribution in [0.1, 0.15) is 18.9 Å². The quantitative estimate of drug-likeness (QED) is 0.801. The minimum absolute atomic E-state index is 0.426. The fraction of sp³-hybridized carbons (Fsp3) is 0.308. The Hall–Kier alpha value is -1.79. The van der Waals surface area contributed by atoms with Crippen LogP contribution in [0.2, 0.25) is 10.2 Å². The normalized spacial score (nSPS) is 14.8. The Bertz CT molecular complexity index is 833. The van der Waals surface area contributed by atoms with Gasteiger partial charge in [-0.3, -0.25) is 4.68 Å². The van der Waals surface area contributed by atoms with Crippen molar-refractivity contribution >= 4 is 45.9 Å². The Labute approximate surface area is 130 Å². The molecule has 3 aromatic heterocycles. The Morgan fingerprint density at radius 1 is 1.29 bits per heavy atom. The van der Waals surface area contributed by atoms with E-state index in [1.54, 1.807) is 6.20 Å². The summed E-state index contributed by atoms with van der Waals surface area (Å²) in [6.45, 7) is 0. The second-order valence-electron chi connectivity index (χ2n) is 5.19. The summed E-state index contributed by atoms with van der Waals surface area (Å²) in [5.41, 5.74) is 1.48. The van der Waals surface area contributed by atoms with Crippen molar-refractivity contribution in [3.05, 3.63) is 28.8 Å². The van der Waals surface area contributed by atoms with Gasteiger partial charge in [-0.1, -0.05) is 23.2 Å². The number of nitrogens with zero attached hydrogens (tertiary/aromatic N) is 5. The molecular weight excluding hydrogens is 311 g/mol. The van der Waals surface area contributed by atoms with Gasteiger partial charge in [-0.15, -0.1) is 0 Å². The first-order chi connectivity index (χ1) is 10.1. The molecule has 0 unspecified atom stereocenters. The maximum Gasteiger partial charge on any atom is 0.229 e. The average molecular weight is 323 g/mol. The van der Waals surface area contributed by atoms with Crippen molar-refractivity contribution in [2.24, 2.45) is 7.05 Å². The zero-order valence-corrected chi connectivity index (χ0v) is 12.7. The lowest BCUT2D eigenvalue weighted by Crippen LogP contribution is -1.98. The van der Waals surface area contributed by atoms with E-state index in [-0.39, 0.29) is 0 Å². The van der Waals surface area contributed by atoms with Gasteiger partial charge >= 0.3 is 0 Å². The summed E-state index contributed by atoms with van der Waals surface area (Å²) >= 11 is 12.2. The van der Waals surface area contributed by atoms with Crippen molar-refractivity contribution in [1.29, 1.82) is 0 Å². The lowest BCUT2D eigenvalue weighted by molar-refractivity contribution is 0.642. The number of halogens is 2. The summed E-state index contributed by atoms with van der Waals surface area (Å²) in [5, 5.41) is 9.29. The molecule has 1 aliphatic carbocycles. The lowest BCUT2D eigenvalue weighted by Gasteiger charge is -2.03. The summed E-state index contributed by atoms with van der Waals surface area (Å²) in [6, 6.07) is 0.480. The van der Waals surface area contributed by atoms with Crippen LogP contribution in [-0.2, 0) is 7.05 Å². The van der Waals surface area contributed by atoms with Crippen molar-refractivity contribution in [3.8, 4) is 0 Å². The standard InChI is InChI=1S/C13H12Cl2N6/c1-20-5-9(14)8-4-16-13(18-12(8)20)17-10-6-21(7-2-3-7)19-11(10)15/h4-7H,2-3H2,1H3,(H,16,17,18). The first-order valence-electron chi connectivity index (χ1n) is 6.61. The van der Waals surface area contributed by atoms with E-state index < -0.39 is 0 Å². The molecule has 0 amide bonds. The van der Waals surface area contributed by atoms with E-state index in [2.05, 4.69) is 20.4 Å². The predicted octanol–water partition coefficient (Wildman–Crippen LogP) is 3.55. The zero-order valence-electron chi connectivity index (χ0n) is 11.2. The molecular formula is C13H12Cl2N6. The third-order valence-electron chi connectivity index (χ3n) is 3.52. The molecule has 0 aromatic carbocycles. The summed E-state index contributed by atoms with van der Waals surface area (Å²) < 4.78 is 3.75. The van der Waals surface area contributed by atoms with Gasteiger partial charge in [0, 0.05) is 19.4 Å². The van der Waals surface area contributed by atoms with Gasteiger partial charge in [0.2, 0.25) is 5.95 Å². The minimum Gasteiger partial charge on any atom is -0.334 e. The van der Waals surface area contributed by atoms with Gasteiger partial charge in [-0.2, -0.15) is 10.1 Å². The highest BCUT2D eigenvalue weighted by Crippen LogP contribution is 2.36. The summed E-state index contributed by atoms with van der Waals surface area (Å²) in [5.74, 6) is 0.470. The molecule has 1 fully saturated rings. The SMILES string of the molecule is Cn1cc(Cl)c2cnc(Nc3cn(C4CC4)nc3Cl)nc21. The molecule has 0 aliphatic heterocycles. The fourth-order valence-electron chi connectivity index (χ4n) is 2.27. The van der Waals surface area contributed by atoms with Gasteiger partial charge in [-0.05, 0) is 12.8 Å². The van der Waals surface area contributed by atoms with E-state index in [0.717, 1.165) is 23.9 Å². The first kappa shape index (κ1) is 12.9. The number of nitrogens with one attached hydrogen (secondary N) is 1. The molecule has 0 radical (unpaired) electrons. The molecule has 0 bridgehead atoms. The Morgan fingerprint density at radius 3 is 2.86 bits per heavy atom. The van der Waals surface area contributed by atoms with Crippen LogP contribution in [0.4, 0.5) is 11.6 Å². The number of aromatic nitrogens is 5. The highest BCUT2D eigenvalue weighted by molar-refractivity contribution is 6.35. The van der Waals surface area contributed by atoms with Crippen molar-refractivity contribution in [2.75, 3.05) is 5.32 Å². The summed E-state index contributed by atoms with van der Waals surface area (Å²) in [7, 11) is 1.89.